The number of para-hydroxylation sites is 1. The van der Waals surface area contributed by atoms with Crippen LogP contribution in [0.3, 0.4) is 0 Å². The van der Waals surface area contributed by atoms with Crippen LogP contribution in [-0.2, 0) is 0 Å². The van der Waals surface area contributed by atoms with Gasteiger partial charge in [0.15, 0.2) is 5.82 Å². The van der Waals surface area contributed by atoms with E-state index < -0.39 is 0 Å². The van der Waals surface area contributed by atoms with Crippen molar-refractivity contribution < 1.29 is 9.47 Å². The average Bonchev–Trinajstić information content (AvgIpc) is 2.83. The third-order valence-electron chi connectivity index (χ3n) is 5.68. The van der Waals surface area contributed by atoms with Crippen LogP contribution < -0.4 is 15.0 Å². The van der Waals surface area contributed by atoms with Gasteiger partial charge in [0.2, 0.25) is 0 Å². The molecular formula is C28H29N3O3. The number of ether oxygens (including phenoxy) is 2. The van der Waals surface area contributed by atoms with Gasteiger partial charge in [0.1, 0.15) is 11.5 Å². The van der Waals surface area contributed by atoms with E-state index in [1.54, 1.807) is 19.4 Å². The van der Waals surface area contributed by atoms with Crippen molar-refractivity contribution in [2.24, 2.45) is 5.10 Å². The van der Waals surface area contributed by atoms with Gasteiger partial charge in [-0.2, -0.15) is 9.78 Å². The third-order valence-corrected chi connectivity index (χ3v) is 5.68. The summed E-state index contributed by atoms with van der Waals surface area (Å²) in [5.41, 5.74) is 4.07. The first-order valence-corrected chi connectivity index (χ1v) is 11.4. The van der Waals surface area contributed by atoms with E-state index in [1.165, 1.54) is 4.68 Å². The number of benzene rings is 3. The number of fused-ring (bicyclic) bond motifs is 1. The summed E-state index contributed by atoms with van der Waals surface area (Å²) in [5, 5.41) is 5.11. The summed E-state index contributed by atoms with van der Waals surface area (Å²) in [6, 6.07) is 19.0. The summed E-state index contributed by atoms with van der Waals surface area (Å²) >= 11 is 0. The third kappa shape index (κ3) is 4.57. The molecule has 6 heteroatoms. The molecule has 4 rings (SSSR count). The number of hydrogen-bond donors (Lipinski definition) is 0. The van der Waals surface area contributed by atoms with Gasteiger partial charge in [-0.1, -0.05) is 38.1 Å². The van der Waals surface area contributed by atoms with Crippen LogP contribution in [0.5, 0.6) is 11.5 Å². The van der Waals surface area contributed by atoms with Crippen LogP contribution in [0.25, 0.3) is 22.3 Å². The van der Waals surface area contributed by atoms with Crippen LogP contribution >= 0.6 is 0 Å². The largest absolute Gasteiger partial charge is 0.496 e. The van der Waals surface area contributed by atoms with Gasteiger partial charge in [0.05, 0.1) is 30.8 Å². The van der Waals surface area contributed by atoms with E-state index in [4.69, 9.17) is 14.5 Å². The van der Waals surface area contributed by atoms with Crippen LogP contribution in [0.2, 0.25) is 0 Å². The van der Waals surface area contributed by atoms with E-state index in [0.717, 1.165) is 33.8 Å². The predicted molar refractivity (Wildman–Crippen MR) is 137 cm³/mol. The summed E-state index contributed by atoms with van der Waals surface area (Å²) in [5.74, 6) is 2.30. The lowest BCUT2D eigenvalue weighted by Gasteiger charge is -2.17. The molecule has 6 nitrogen and oxygen atoms in total. The van der Waals surface area contributed by atoms with Crippen molar-refractivity contribution in [3.05, 3.63) is 87.7 Å². The minimum atomic E-state index is -0.223. The van der Waals surface area contributed by atoms with Crippen molar-refractivity contribution >= 4 is 17.1 Å². The van der Waals surface area contributed by atoms with Gasteiger partial charge < -0.3 is 9.47 Å². The molecule has 0 aliphatic heterocycles. The molecule has 4 aromatic rings. The Balaban J connectivity index is 1.94. The highest BCUT2D eigenvalue weighted by atomic mass is 16.5. The van der Waals surface area contributed by atoms with Crippen LogP contribution in [0, 0.1) is 6.92 Å². The summed E-state index contributed by atoms with van der Waals surface area (Å²) in [7, 11) is 1.67. The molecule has 0 aliphatic rings. The molecule has 34 heavy (non-hydrogen) atoms. The molecule has 0 fully saturated rings. The standard InChI is InChI=1S/C28H29N3O3/c1-6-34-21-11-9-10-20(15-21)17-29-31-27(30-25-13-8-7-12-22(25)28(31)32)24-16-23(18(2)3)26(33-5)14-19(24)4/h7-18H,6H2,1-5H3. The average molecular weight is 456 g/mol. The van der Waals surface area contributed by atoms with Gasteiger partial charge in [-0.25, -0.2) is 4.98 Å². The van der Waals surface area contributed by atoms with Crippen LogP contribution in [-0.4, -0.2) is 29.6 Å². The Kier molecular flexibility index (Phi) is 6.77. The smallest absolute Gasteiger partial charge is 0.282 e. The quantitative estimate of drug-likeness (QED) is 0.331. The summed E-state index contributed by atoms with van der Waals surface area (Å²) < 4.78 is 12.6. The zero-order valence-electron chi connectivity index (χ0n) is 20.2. The molecule has 1 heterocycles. The van der Waals surface area contributed by atoms with Gasteiger partial charge >= 0.3 is 0 Å². The van der Waals surface area contributed by atoms with E-state index in [-0.39, 0.29) is 11.5 Å². The van der Waals surface area contributed by atoms with Crippen molar-refractivity contribution in [1.29, 1.82) is 0 Å². The van der Waals surface area contributed by atoms with Gasteiger partial charge in [0.25, 0.3) is 5.56 Å². The maximum Gasteiger partial charge on any atom is 0.282 e. The van der Waals surface area contributed by atoms with E-state index in [1.807, 2.05) is 62.4 Å². The number of aromatic nitrogens is 2. The van der Waals surface area contributed by atoms with Crippen molar-refractivity contribution in [2.45, 2.75) is 33.6 Å². The lowest BCUT2D eigenvalue weighted by Crippen LogP contribution is -2.20. The summed E-state index contributed by atoms with van der Waals surface area (Å²) in [4.78, 5) is 18.4. The number of methoxy groups -OCH3 is 1. The Bertz CT molecular complexity index is 1420. The van der Waals surface area contributed by atoms with Gasteiger partial charge in [-0.3, -0.25) is 4.79 Å². The van der Waals surface area contributed by atoms with Crippen LogP contribution in [0.15, 0.2) is 70.6 Å². The summed E-state index contributed by atoms with van der Waals surface area (Å²) in [6.45, 7) is 8.73. The molecule has 0 radical (unpaired) electrons. The van der Waals surface area contributed by atoms with Crippen molar-refractivity contribution in [3.8, 4) is 22.9 Å². The lowest BCUT2D eigenvalue weighted by molar-refractivity contribution is 0.340. The van der Waals surface area contributed by atoms with Gasteiger partial charge in [0, 0.05) is 5.56 Å². The molecule has 174 valence electrons. The van der Waals surface area contributed by atoms with E-state index in [9.17, 15) is 4.79 Å². The molecule has 0 N–H and O–H groups in total. The molecule has 0 bridgehead atoms. The van der Waals surface area contributed by atoms with Crippen molar-refractivity contribution in [1.82, 2.24) is 9.66 Å². The molecule has 0 spiro atoms. The van der Waals surface area contributed by atoms with Crippen molar-refractivity contribution in [2.75, 3.05) is 13.7 Å². The minimum Gasteiger partial charge on any atom is -0.496 e. The summed E-state index contributed by atoms with van der Waals surface area (Å²) in [6.07, 6.45) is 1.66. The molecule has 0 unspecified atom stereocenters. The van der Waals surface area contributed by atoms with Crippen LogP contribution in [0.1, 0.15) is 43.4 Å². The Labute approximate surface area is 199 Å². The molecule has 1 aromatic heterocycles. The topological polar surface area (TPSA) is 65.7 Å². The second-order valence-electron chi connectivity index (χ2n) is 8.38. The molecule has 0 amide bonds. The van der Waals surface area contributed by atoms with Gasteiger partial charge in [-0.05, 0) is 72.9 Å². The van der Waals surface area contributed by atoms with E-state index >= 15 is 0 Å². The Hall–Kier alpha value is -3.93. The molecule has 0 atom stereocenters. The fourth-order valence-corrected chi connectivity index (χ4v) is 3.95. The Morgan fingerprint density at radius 3 is 2.62 bits per heavy atom. The Morgan fingerprint density at radius 2 is 1.88 bits per heavy atom. The van der Waals surface area contributed by atoms with Gasteiger partial charge in [-0.15, -0.1) is 0 Å². The maximum atomic E-state index is 13.5. The first-order chi connectivity index (χ1) is 16.4. The molecular weight excluding hydrogens is 426 g/mol. The Morgan fingerprint density at radius 1 is 1.09 bits per heavy atom. The maximum absolute atomic E-state index is 13.5. The molecule has 3 aromatic carbocycles. The highest BCUT2D eigenvalue weighted by Crippen LogP contribution is 2.34. The SMILES string of the molecule is CCOc1cccc(C=Nn2c(-c3cc(C(C)C)c(OC)cc3C)nc3ccccc3c2=O)c1. The zero-order valence-corrected chi connectivity index (χ0v) is 20.2. The fourth-order valence-electron chi connectivity index (χ4n) is 3.95. The predicted octanol–water partition coefficient (Wildman–Crippen LogP) is 5.78. The zero-order chi connectivity index (χ0) is 24.2. The van der Waals surface area contributed by atoms with Crippen molar-refractivity contribution in [3.63, 3.8) is 0 Å². The lowest BCUT2D eigenvalue weighted by atomic mass is 9.96. The minimum absolute atomic E-state index is 0.223. The highest BCUT2D eigenvalue weighted by Gasteiger charge is 2.18. The molecule has 0 aliphatic carbocycles. The number of aryl methyl sites for hydroxylation is 1. The van der Waals surface area contributed by atoms with Crippen LogP contribution in [0.4, 0.5) is 0 Å². The molecule has 0 saturated heterocycles. The second kappa shape index (κ2) is 9.91. The first kappa shape index (κ1) is 23.2. The molecule has 0 saturated carbocycles. The van der Waals surface area contributed by atoms with E-state index in [0.29, 0.717) is 23.3 Å². The highest BCUT2D eigenvalue weighted by molar-refractivity contribution is 5.82. The normalized spacial score (nSPS) is 11.5. The monoisotopic (exact) mass is 455 g/mol. The second-order valence-corrected chi connectivity index (χ2v) is 8.38. The number of nitrogens with zero attached hydrogens (tertiary/aromatic N) is 3. The van der Waals surface area contributed by atoms with E-state index in [2.05, 4.69) is 25.0 Å². The number of hydrogen-bond acceptors (Lipinski definition) is 5. The first-order valence-electron chi connectivity index (χ1n) is 11.4. The fraction of sp³-hybridized carbons (Fsp3) is 0.250. The number of rotatable bonds is 7.